The molecule has 0 aliphatic heterocycles. The molecule has 0 saturated heterocycles. The third kappa shape index (κ3) is 3.65. The molecule has 0 fully saturated rings. The molecule has 1 aromatic rings. The van der Waals surface area contributed by atoms with Gasteiger partial charge in [-0.2, -0.15) is 9.82 Å². The Morgan fingerprint density at radius 1 is 1.41 bits per heavy atom. The fraction of sp³-hybridized carbons (Fsp3) is 0.692. The highest BCUT2D eigenvalue weighted by atomic mass is 32.2. The van der Waals surface area contributed by atoms with E-state index in [-0.39, 0.29) is 10.4 Å². The Morgan fingerprint density at radius 2 is 1.95 bits per heavy atom. The molecule has 0 aliphatic carbocycles. The van der Waals surface area contributed by atoms with Crippen LogP contribution < -0.4 is 4.72 Å². The van der Waals surface area contributed by atoms with Crippen LogP contribution in [0.15, 0.2) is 4.90 Å². The number of aliphatic hydroxyl groups is 1. The number of esters is 1. The molecule has 126 valence electrons. The van der Waals surface area contributed by atoms with Crippen LogP contribution >= 0.6 is 0 Å². The lowest BCUT2D eigenvalue weighted by molar-refractivity contribution is -0.143. The summed E-state index contributed by atoms with van der Waals surface area (Å²) in [5.41, 5.74) is 0.391. The van der Waals surface area contributed by atoms with Gasteiger partial charge < -0.3 is 9.84 Å². The third-order valence-electron chi connectivity index (χ3n) is 3.09. The monoisotopic (exact) mass is 333 g/mol. The number of rotatable bonds is 5. The molecule has 1 aromatic heterocycles. The van der Waals surface area contributed by atoms with Gasteiger partial charge in [-0.1, -0.05) is 0 Å². The summed E-state index contributed by atoms with van der Waals surface area (Å²) in [6, 6.07) is -1.35. The number of aliphatic hydroxyl groups excluding tert-OH is 1. The molecule has 0 saturated carbocycles. The molecular weight excluding hydrogens is 310 g/mol. The molecule has 22 heavy (non-hydrogen) atoms. The summed E-state index contributed by atoms with van der Waals surface area (Å²) >= 11 is 0. The second kappa shape index (κ2) is 6.35. The van der Waals surface area contributed by atoms with Crippen molar-refractivity contribution in [1.29, 1.82) is 0 Å². The minimum absolute atomic E-state index is 0.00442. The Kier molecular flexibility index (Phi) is 5.37. The van der Waals surface area contributed by atoms with E-state index in [2.05, 4.69) is 14.6 Å². The number of ether oxygens (including phenoxy) is 1. The van der Waals surface area contributed by atoms with Crippen LogP contribution in [0.3, 0.4) is 0 Å². The first-order valence-electron chi connectivity index (χ1n) is 6.73. The average Bonchev–Trinajstić information content (AvgIpc) is 2.70. The van der Waals surface area contributed by atoms with Crippen molar-refractivity contribution in [1.82, 2.24) is 14.5 Å². The Balaban J connectivity index is 3.30. The second-order valence-corrected chi connectivity index (χ2v) is 7.61. The molecule has 1 rings (SSSR count). The molecule has 8 nitrogen and oxygen atoms in total. The largest absolute Gasteiger partial charge is 0.468 e. The van der Waals surface area contributed by atoms with Crippen molar-refractivity contribution in [3.8, 4) is 0 Å². The summed E-state index contributed by atoms with van der Waals surface area (Å²) in [5, 5.41) is 13.4. The van der Waals surface area contributed by atoms with Crippen LogP contribution in [0.4, 0.5) is 0 Å². The standard InChI is InChI=1S/C13H23N3O5S/c1-8-11(9(2)16(14-8)13(3,4)5)22(19,20)15-10(7-17)12(18)21-6/h10,15,17H,7H2,1-6H3. The van der Waals surface area contributed by atoms with Crippen molar-refractivity contribution in [3.63, 3.8) is 0 Å². The van der Waals surface area contributed by atoms with Gasteiger partial charge in [-0.15, -0.1) is 0 Å². The van der Waals surface area contributed by atoms with Crippen LogP contribution in [0.1, 0.15) is 32.2 Å². The Bertz CT molecular complexity index is 658. The first-order chi connectivity index (χ1) is 9.95. The third-order valence-corrected chi connectivity index (χ3v) is 4.82. The van der Waals surface area contributed by atoms with Gasteiger partial charge in [0.1, 0.15) is 10.9 Å². The SMILES string of the molecule is COC(=O)C(CO)NS(=O)(=O)c1c(C)nn(C(C)(C)C)c1C. The van der Waals surface area contributed by atoms with Gasteiger partial charge in [0.05, 0.1) is 30.6 Å². The number of nitrogens with zero attached hydrogens (tertiary/aromatic N) is 2. The lowest BCUT2D eigenvalue weighted by atomic mass is 10.1. The highest BCUT2D eigenvalue weighted by molar-refractivity contribution is 7.89. The van der Waals surface area contributed by atoms with Crippen LogP contribution in [0.25, 0.3) is 0 Å². The van der Waals surface area contributed by atoms with Crippen molar-refractivity contribution in [2.24, 2.45) is 0 Å². The van der Waals surface area contributed by atoms with Crippen molar-refractivity contribution < 1.29 is 23.1 Å². The fourth-order valence-electron chi connectivity index (χ4n) is 2.22. The van der Waals surface area contributed by atoms with Gasteiger partial charge >= 0.3 is 5.97 Å². The summed E-state index contributed by atoms with van der Waals surface area (Å²) in [5.74, 6) is -0.857. The molecule has 1 atom stereocenters. The molecule has 0 bridgehead atoms. The maximum atomic E-state index is 12.5. The van der Waals surface area contributed by atoms with E-state index in [1.165, 1.54) is 0 Å². The Hall–Kier alpha value is -1.45. The second-order valence-electron chi connectivity index (χ2n) is 5.96. The molecule has 1 unspecified atom stereocenters. The number of carbonyl (C=O) groups is 1. The van der Waals surface area contributed by atoms with E-state index < -0.39 is 28.6 Å². The average molecular weight is 333 g/mol. The molecule has 9 heteroatoms. The van der Waals surface area contributed by atoms with E-state index in [9.17, 15) is 13.2 Å². The van der Waals surface area contributed by atoms with Gasteiger partial charge in [-0.05, 0) is 34.6 Å². The predicted molar refractivity (Wildman–Crippen MR) is 79.9 cm³/mol. The number of aromatic nitrogens is 2. The predicted octanol–water partition coefficient (Wildman–Crippen LogP) is 0.0671. The first-order valence-corrected chi connectivity index (χ1v) is 8.21. The summed E-state index contributed by atoms with van der Waals surface area (Å²) in [7, 11) is -2.90. The maximum Gasteiger partial charge on any atom is 0.326 e. The Morgan fingerprint density at radius 3 is 2.32 bits per heavy atom. The van der Waals surface area contributed by atoms with Gasteiger partial charge in [0.2, 0.25) is 10.0 Å². The minimum Gasteiger partial charge on any atom is -0.468 e. The van der Waals surface area contributed by atoms with Crippen LogP contribution in [0.2, 0.25) is 0 Å². The van der Waals surface area contributed by atoms with Crippen molar-refractivity contribution in [2.45, 2.75) is 51.1 Å². The van der Waals surface area contributed by atoms with Gasteiger partial charge in [0.25, 0.3) is 0 Å². The lowest BCUT2D eigenvalue weighted by Gasteiger charge is -2.21. The number of nitrogens with one attached hydrogen (secondary N) is 1. The normalized spacial score (nSPS) is 14.0. The fourth-order valence-corrected chi connectivity index (χ4v) is 3.79. The van der Waals surface area contributed by atoms with Crippen LogP contribution in [-0.2, 0) is 25.1 Å². The van der Waals surface area contributed by atoms with Crippen LogP contribution in [-0.4, -0.2) is 49.0 Å². The van der Waals surface area contributed by atoms with E-state index in [4.69, 9.17) is 5.11 Å². The van der Waals surface area contributed by atoms with Crippen molar-refractivity contribution in [2.75, 3.05) is 13.7 Å². The quantitative estimate of drug-likeness (QED) is 0.738. The van der Waals surface area contributed by atoms with E-state index in [1.54, 1.807) is 18.5 Å². The Labute approximate surface area is 130 Å². The van der Waals surface area contributed by atoms with E-state index in [0.29, 0.717) is 11.4 Å². The maximum absolute atomic E-state index is 12.5. The number of methoxy groups -OCH3 is 1. The van der Waals surface area contributed by atoms with Gasteiger partial charge in [-0.25, -0.2) is 8.42 Å². The van der Waals surface area contributed by atoms with E-state index in [0.717, 1.165) is 7.11 Å². The topological polar surface area (TPSA) is 111 Å². The molecule has 0 aliphatic rings. The summed E-state index contributed by atoms with van der Waals surface area (Å²) < 4.78 is 33.3. The molecule has 0 amide bonds. The number of carbonyl (C=O) groups excluding carboxylic acids is 1. The van der Waals surface area contributed by atoms with Gasteiger partial charge in [0.15, 0.2) is 0 Å². The van der Waals surface area contributed by atoms with Gasteiger partial charge in [0, 0.05) is 0 Å². The first kappa shape index (κ1) is 18.6. The van der Waals surface area contributed by atoms with Gasteiger partial charge in [-0.3, -0.25) is 9.48 Å². The molecule has 0 spiro atoms. The summed E-state index contributed by atoms with van der Waals surface area (Å²) in [6.45, 7) is 8.24. The van der Waals surface area contributed by atoms with Crippen LogP contribution in [0, 0.1) is 13.8 Å². The highest BCUT2D eigenvalue weighted by Gasteiger charge is 2.32. The zero-order valence-electron chi connectivity index (χ0n) is 13.7. The minimum atomic E-state index is -4.02. The summed E-state index contributed by atoms with van der Waals surface area (Å²) in [6.07, 6.45) is 0. The number of aryl methyl sites for hydroxylation is 1. The molecule has 2 N–H and O–H groups in total. The molecule has 0 radical (unpaired) electrons. The molecule has 0 aromatic carbocycles. The van der Waals surface area contributed by atoms with Crippen molar-refractivity contribution >= 4 is 16.0 Å². The number of sulfonamides is 1. The number of hydrogen-bond donors (Lipinski definition) is 2. The highest BCUT2D eigenvalue weighted by Crippen LogP contribution is 2.25. The zero-order valence-corrected chi connectivity index (χ0v) is 14.5. The molecular formula is C13H23N3O5S. The lowest BCUT2D eigenvalue weighted by Crippen LogP contribution is -2.44. The smallest absolute Gasteiger partial charge is 0.326 e. The number of hydrogen-bond acceptors (Lipinski definition) is 6. The van der Waals surface area contributed by atoms with E-state index >= 15 is 0 Å². The van der Waals surface area contributed by atoms with E-state index in [1.807, 2.05) is 20.8 Å². The zero-order chi connectivity index (χ0) is 17.3. The molecule has 1 heterocycles. The summed E-state index contributed by atoms with van der Waals surface area (Å²) in [4.78, 5) is 11.5. The van der Waals surface area contributed by atoms with Crippen LogP contribution in [0.5, 0.6) is 0 Å². The van der Waals surface area contributed by atoms with Crippen molar-refractivity contribution in [3.05, 3.63) is 11.4 Å².